The molecule has 0 saturated heterocycles. The molecule has 31 heavy (non-hydrogen) atoms. The zero-order chi connectivity index (χ0) is 21.6. The lowest BCUT2D eigenvalue weighted by atomic mass is 9.47. The second kappa shape index (κ2) is 8.66. The van der Waals surface area contributed by atoms with Gasteiger partial charge in [0.25, 0.3) is 0 Å². The molecule has 0 bridgehead atoms. The van der Waals surface area contributed by atoms with E-state index < -0.39 is 0 Å². The maximum Gasteiger partial charge on any atom is 0.0577 e. The number of aliphatic hydroxyl groups is 1. The van der Waals surface area contributed by atoms with Crippen LogP contribution < -0.4 is 0 Å². The first-order valence-electron chi connectivity index (χ1n) is 14.0. The van der Waals surface area contributed by atoms with Crippen LogP contribution in [0.5, 0.6) is 0 Å². The summed E-state index contributed by atoms with van der Waals surface area (Å²) in [4.78, 5) is 0. The summed E-state index contributed by atoms with van der Waals surface area (Å²) in [6.45, 7) is 7.79. The molecule has 0 radical (unpaired) electrons. The standard InChI is InChI=1S/C30H48O/c1-21(10-11-22-8-6-4-5-7-9-22)26-14-15-27-25-13-12-23-20-24(31)16-18-29(23,2)28(25)17-19-30(26,27)3/h10-12,21-22,24-28,31H,4-9,13-20H2,1-3H3/b11-10+/t21-,24+,25+,26-,27+,28+,29+,30-/m1/s1. The summed E-state index contributed by atoms with van der Waals surface area (Å²) in [5.41, 5.74) is 2.54. The summed E-state index contributed by atoms with van der Waals surface area (Å²) < 4.78 is 0. The summed E-state index contributed by atoms with van der Waals surface area (Å²) in [7, 11) is 0. The van der Waals surface area contributed by atoms with Crippen molar-refractivity contribution in [1.82, 2.24) is 0 Å². The third kappa shape index (κ3) is 3.89. The van der Waals surface area contributed by atoms with E-state index in [1.807, 2.05) is 0 Å². The molecule has 5 rings (SSSR count). The van der Waals surface area contributed by atoms with Gasteiger partial charge in [0.1, 0.15) is 0 Å². The van der Waals surface area contributed by atoms with Crippen LogP contribution in [0.1, 0.15) is 111 Å². The Kier molecular flexibility index (Phi) is 6.21. The number of aliphatic hydroxyl groups excluding tert-OH is 1. The van der Waals surface area contributed by atoms with Crippen molar-refractivity contribution in [2.45, 2.75) is 117 Å². The molecule has 5 aliphatic carbocycles. The Bertz CT molecular complexity index is 697. The van der Waals surface area contributed by atoms with Crippen molar-refractivity contribution in [3.63, 3.8) is 0 Å². The first kappa shape index (κ1) is 22.2. The van der Waals surface area contributed by atoms with Crippen LogP contribution in [-0.4, -0.2) is 11.2 Å². The topological polar surface area (TPSA) is 20.2 Å². The van der Waals surface area contributed by atoms with Crippen LogP contribution in [0.15, 0.2) is 23.8 Å². The normalized spacial score (nSPS) is 47.2. The van der Waals surface area contributed by atoms with E-state index in [9.17, 15) is 5.11 Å². The Morgan fingerprint density at radius 1 is 0.935 bits per heavy atom. The van der Waals surface area contributed by atoms with E-state index in [1.54, 1.807) is 5.57 Å². The molecule has 0 aromatic carbocycles. The molecule has 8 atom stereocenters. The highest BCUT2D eigenvalue weighted by molar-refractivity contribution is 5.25. The third-order valence-electron chi connectivity index (χ3n) is 11.4. The van der Waals surface area contributed by atoms with E-state index in [1.165, 1.54) is 77.0 Å². The van der Waals surface area contributed by atoms with Crippen molar-refractivity contribution in [2.75, 3.05) is 0 Å². The minimum absolute atomic E-state index is 0.0818. The summed E-state index contributed by atoms with van der Waals surface area (Å²) in [6.07, 6.45) is 26.7. The largest absolute Gasteiger partial charge is 0.393 e. The van der Waals surface area contributed by atoms with E-state index in [2.05, 4.69) is 39.0 Å². The van der Waals surface area contributed by atoms with Gasteiger partial charge < -0.3 is 5.11 Å². The molecular weight excluding hydrogens is 376 g/mol. The lowest BCUT2D eigenvalue weighted by molar-refractivity contribution is -0.0540. The summed E-state index contributed by atoms with van der Waals surface area (Å²) >= 11 is 0. The SMILES string of the molecule is C[C@H](/C=C/C1CCCCCC1)[C@H]1CC[C@H]2[C@@H]3CC=C4C[C@@H](O)CC[C@]4(C)[C@H]3CC[C@]12C. The van der Waals surface area contributed by atoms with Gasteiger partial charge in [0.2, 0.25) is 0 Å². The lowest BCUT2D eigenvalue weighted by Gasteiger charge is -2.58. The van der Waals surface area contributed by atoms with Gasteiger partial charge in [-0.2, -0.15) is 0 Å². The molecule has 0 aromatic heterocycles. The van der Waals surface area contributed by atoms with Gasteiger partial charge in [0.15, 0.2) is 0 Å². The van der Waals surface area contributed by atoms with Gasteiger partial charge in [0, 0.05) is 0 Å². The molecule has 0 unspecified atom stereocenters. The van der Waals surface area contributed by atoms with Crippen molar-refractivity contribution in [1.29, 1.82) is 0 Å². The van der Waals surface area contributed by atoms with E-state index in [0.29, 0.717) is 10.8 Å². The number of allylic oxidation sites excluding steroid dienone is 3. The number of rotatable bonds is 3. The molecule has 1 nitrogen and oxygen atoms in total. The Labute approximate surface area is 192 Å². The average molecular weight is 425 g/mol. The van der Waals surface area contributed by atoms with E-state index in [0.717, 1.165) is 48.3 Å². The number of fused-ring (bicyclic) bond motifs is 5. The number of hydrogen-bond donors (Lipinski definition) is 1. The highest BCUT2D eigenvalue weighted by Crippen LogP contribution is 2.67. The molecule has 4 saturated carbocycles. The molecule has 0 spiro atoms. The summed E-state index contributed by atoms with van der Waals surface area (Å²) in [6, 6.07) is 0. The number of hydrogen-bond acceptors (Lipinski definition) is 1. The summed E-state index contributed by atoms with van der Waals surface area (Å²) in [5, 5.41) is 10.3. The third-order valence-corrected chi connectivity index (χ3v) is 11.4. The van der Waals surface area contributed by atoms with Crippen molar-refractivity contribution in [3.8, 4) is 0 Å². The fourth-order valence-electron chi connectivity index (χ4n) is 9.52. The van der Waals surface area contributed by atoms with Crippen LogP contribution in [0.4, 0.5) is 0 Å². The van der Waals surface area contributed by atoms with Crippen molar-refractivity contribution in [3.05, 3.63) is 23.8 Å². The zero-order valence-corrected chi connectivity index (χ0v) is 20.6. The van der Waals surface area contributed by atoms with E-state index >= 15 is 0 Å². The smallest absolute Gasteiger partial charge is 0.0577 e. The van der Waals surface area contributed by atoms with Crippen LogP contribution in [0.25, 0.3) is 0 Å². The van der Waals surface area contributed by atoms with Crippen molar-refractivity contribution in [2.24, 2.45) is 46.3 Å². The fourth-order valence-corrected chi connectivity index (χ4v) is 9.52. The molecule has 4 fully saturated rings. The molecule has 1 heteroatoms. The monoisotopic (exact) mass is 424 g/mol. The molecular formula is C30H48O. The summed E-state index contributed by atoms with van der Waals surface area (Å²) in [5.74, 6) is 5.16. The second-order valence-electron chi connectivity index (χ2n) is 12.9. The van der Waals surface area contributed by atoms with Gasteiger partial charge in [-0.15, -0.1) is 0 Å². The molecule has 0 aliphatic heterocycles. The second-order valence-corrected chi connectivity index (χ2v) is 12.9. The van der Waals surface area contributed by atoms with Crippen LogP contribution in [0.3, 0.4) is 0 Å². The Balaban J connectivity index is 1.31. The lowest BCUT2D eigenvalue weighted by Crippen LogP contribution is -2.50. The maximum absolute atomic E-state index is 10.3. The fraction of sp³-hybridized carbons (Fsp3) is 0.867. The quantitative estimate of drug-likeness (QED) is 0.358. The van der Waals surface area contributed by atoms with Gasteiger partial charge in [-0.25, -0.2) is 0 Å². The maximum atomic E-state index is 10.3. The molecule has 0 heterocycles. The highest BCUT2D eigenvalue weighted by atomic mass is 16.3. The first-order valence-corrected chi connectivity index (χ1v) is 14.0. The van der Waals surface area contributed by atoms with Gasteiger partial charge in [-0.1, -0.05) is 70.3 Å². The van der Waals surface area contributed by atoms with Gasteiger partial charge in [0.05, 0.1) is 6.10 Å². The Morgan fingerprint density at radius 3 is 2.48 bits per heavy atom. The van der Waals surface area contributed by atoms with Crippen molar-refractivity contribution >= 4 is 0 Å². The predicted octanol–water partition coefficient (Wildman–Crippen LogP) is 8.09. The van der Waals surface area contributed by atoms with Crippen LogP contribution in [-0.2, 0) is 0 Å². The van der Waals surface area contributed by atoms with Crippen LogP contribution in [0.2, 0.25) is 0 Å². The molecule has 174 valence electrons. The predicted molar refractivity (Wildman–Crippen MR) is 131 cm³/mol. The molecule has 5 aliphatic rings. The minimum Gasteiger partial charge on any atom is -0.393 e. The van der Waals surface area contributed by atoms with Gasteiger partial charge >= 0.3 is 0 Å². The van der Waals surface area contributed by atoms with E-state index in [4.69, 9.17) is 0 Å². The van der Waals surface area contributed by atoms with Crippen LogP contribution in [0, 0.1) is 46.3 Å². The van der Waals surface area contributed by atoms with Crippen molar-refractivity contribution < 1.29 is 5.11 Å². The van der Waals surface area contributed by atoms with Gasteiger partial charge in [-0.3, -0.25) is 0 Å². The zero-order valence-electron chi connectivity index (χ0n) is 20.6. The Morgan fingerprint density at radius 2 is 1.71 bits per heavy atom. The Hall–Kier alpha value is -0.560. The highest BCUT2D eigenvalue weighted by Gasteiger charge is 2.58. The van der Waals surface area contributed by atoms with Crippen LogP contribution >= 0.6 is 0 Å². The first-order chi connectivity index (χ1) is 14.9. The molecule has 0 amide bonds. The average Bonchev–Trinajstić information content (AvgIpc) is 2.92. The molecule has 0 aromatic rings. The molecule has 1 N–H and O–H groups in total. The van der Waals surface area contributed by atoms with E-state index in [-0.39, 0.29) is 6.10 Å². The van der Waals surface area contributed by atoms with Gasteiger partial charge in [-0.05, 0) is 111 Å². The minimum atomic E-state index is -0.0818.